The number of carbonyl (C=O) groups is 1. The Morgan fingerprint density at radius 2 is 2.05 bits per heavy atom. The molecule has 1 heterocycles. The number of carbonyl (C=O) groups excluding carboxylic acids is 1. The number of pyridine rings is 1. The molecule has 1 amide bonds. The van der Waals surface area contributed by atoms with Crippen molar-refractivity contribution < 1.29 is 9.53 Å². The molecule has 2 N–H and O–H groups in total. The van der Waals surface area contributed by atoms with Gasteiger partial charge >= 0.3 is 0 Å². The van der Waals surface area contributed by atoms with Crippen LogP contribution in [-0.4, -0.2) is 25.0 Å². The number of hydrogen-bond donors (Lipinski definition) is 2. The molecular formula is C16H19N3O2. The van der Waals surface area contributed by atoms with Crippen molar-refractivity contribution in [2.24, 2.45) is 0 Å². The number of benzene rings is 1. The van der Waals surface area contributed by atoms with E-state index in [0.717, 1.165) is 16.8 Å². The van der Waals surface area contributed by atoms with Crippen LogP contribution in [0.15, 0.2) is 42.6 Å². The Kier molecular flexibility index (Phi) is 5.29. The highest BCUT2D eigenvalue weighted by Crippen LogP contribution is 2.12. The number of rotatable bonds is 6. The van der Waals surface area contributed by atoms with E-state index in [4.69, 9.17) is 4.74 Å². The predicted octanol–water partition coefficient (Wildman–Crippen LogP) is 2.20. The fraction of sp³-hybridized carbons (Fsp3) is 0.250. The first-order valence-corrected chi connectivity index (χ1v) is 6.71. The van der Waals surface area contributed by atoms with Gasteiger partial charge in [-0.15, -0.1) is 0 Å². The van der Waals surface area contributed by atoms with Crippen LogP contribution in [0.4, 0.5) is 5.69 Å². The number of methoxy groups -OCH3 is 1. The highest BCUT2D eigenvalue weighted by atomic mass is 16.5. The number of aromatic nitrogens is 1. The lowest BCUT2D eigenvalue weighted by atomic mass is 10.1. The van der Waals surface area contributed by atoms with E-state index in [1.165, 1.54) is 0 Å². The summed E-state index contributed by atoms with van der Waals surface area (Å²) in [5.41, 5.74) is 3.55. The molecule has 0 saturated carbocycles. The summed E-state index contributed by atoms with van der Waals surface area (Å²) in [4.78, 5) is 15.6. The van der Waals surface area contributed by atoms with E-state index in [9.17, 15) is 4.79 Å². The van der Waals surface area contributed by atoms with E-state index in [1.807, 2.05) is 24.3 Å². The van der Waals surface area contributed by atoms with E-state index in [0.29, 0.717) is 18.8 Å². The SMILES string of the molecule is CNC(=O)c1cc(NCc2cccc(COC)c2)ccn1. The standard InChI is InChI=1S/C16H19N3O2/c1-17-16(20)15-9-14(6-7-18-15)19-10-12-4-3-5-13(8-12)11-21-2/h3-9H,10-11H2,1-2H3,(H,17,20)(H,18,19). The average Bonchev–Trinajstić information content (AvgIpc) is 2.53. The van der Waals surface area contributed by atoms with Crippen LogP contribution in [0.2, 0.25) is 0 Å². The number of amides is 1. The monoisotopic (exact) mass is 285 g/mol. The van der Waals surface area contributed by atoms with E-state index in [-0.39, 0.29) is 5.91 Å². The Balaban J connectivity index is 2.02. The largest absolute Gasteiger partial charge is 0.381 e. The molecular weight excluding hydrogens is 266 g/mol. The summed E-state index contributed by atoms with van der Waals surface area (Å²) in [6, 6.07) is 11.8. The lowest BCUT2D eigenvalue weighted by Crippen LogP contribution is -2.19. The molecule has 21 heavy (non-hydrogen) atoms. The average molecular weight is 285 g/mol. The first-order valence-electron chi connectivity index (χ1n) is 6.71. The summed E-state index contributed by atoms with van der Waals surface area (Å²) in [5, 5.41) is 5.85. The quantitative estimate of drug-likeness (QED) is 0.854. The topological polar surface area (TPSA) is 63.2 Å². The third-order valence-electron chi connectivity index (χ3n) is 3.02. The second-order valence-corrected chi connectivity index (χ2v) is 4.62. The lowest BCUT2D eigenvalue weighted by molar-refractivity contribution is 0.0958. The van der Waals surface area contributed by atoms with Crippen LogP contribution in [0.3, 0.4) is 0 Å². The third-order valence-corrected chi connectivity index (χ3v) is 3.02. The molecule has 2 rings (SSSR count). The maximum atomic E-state index is 11.5. The normalized spacial score (nSPS) is 10.2. The molecule has 5 nitrogen and oxygen atoms in total. The number of nitrogens with zero attached hydrogens (tertiary/aromatic N) is 1. The molecule has 0 aliphatic heterocycles. The smallest absolute Gasteiger partial charge is 0.269 e. The van der Waals surface area contributed by atoms with Crippen molar-refractivity contribution in [3.8, 4) is 0 Å². The Morgan fingerprint density at radius 1 is 1.24 bits per heavy atom. The molecule has 0 atom stereocenters. The second-order valence-electron chi connectivity index (χ2n) is 4.62. The summed E-state index contributed by atoms with van der Waals surface area (Å²) in [6.07, 6.45) is 1.62. The zero-order valence-electron chi connectivity index (χ0n) is 12.2. The molecule has 0 aliphatic rings. The van der Waals surface area contributed by atoms with Crippen LogP contribution in [0.5, 0.6) is 0 Å². The van der Waals surface area contributed by atoms with Gasteiger partial charge in [-0.2, -0.15) is 0 Å². The zero-order valence-corrected chi connectivity index (χ0v) is 12.2. The van der Waals surface area contributed by atoms with Crippen molar-refractivity contribution in [3.05, 3.63) is 59.4 Å². The second kappa shape index (κ2) is 7.40. The van der Waals surface area contributed by atoms with Crippen LogP contribution < -0.4 is 10.6 Å². The Labute approximate surface area is 124 Å². The van der Waals surface area contributed by atoms with E-state index >= 15 is 0 Å². The highest BCUT2D eigenvalue weighted by molar-refractivity contribution is 5.92. The van der Waals surface area contributed by atoms with Crippen molar-refractivity contribution >= 4 is 11.6 Å². The van der Waals surface area contributed by atoms with Crippen LogP contribution in [0, 0.1) is 0 Å². The fourth-order valence-corrected chi connectivity index (χ4v) is 1.99. The van der Waals surface area contributed by atoms with Gasteiger partial charge in [0.25, 0.3) is 5.91 Å². The van der Waals surface area contributed by atoms with Crippen LogP contribution in [0.25, 0.3) is 0 Å². The van der Waals surface area contributed by atoms with Crippen molar-refractivity contribution in [1.82, 2.24) is 10.3 Å². The minimum Gasteiger partial charge on any atom is -0.381 e. The molecule has 0 fully saturated rings. The molecule has 0 radical (unpaired) electrons. The minimum atomic E-state index is -0.194. The number of nitrogens with one attached hydrogen (secondary N) is 2. The summed E-state index contributed by atoms with van der Waals surface area (Å²) < 4.78 is 5.13. The van der Waals surface area contributed by atoms with Crippen LogP contribution in [-0.2, 0) is 17.9 Å². The van der Waals surface area contributed by atoms with Crippen molar-refractivity contribution in [3.63, 3.8) is 0 Å². The molecule has 0 spiro atoms. The van der Waals surface area contributed by atoms with Gasteiger partial charge in [0, 0.05) is 32.6 Å². The summed E-state index contributed by atoms with van der Waals surface area (Å²) >= 11 is 0. The third kappa shape index (κ3) is 4.29. The van der Waals surface area contributed by atoms with Crippen molar-refractivity contribution in [1.29, 1.82) is 0 Å². The van der Waals surface area contributed by atoms with Gasteiger partial charge in [-0.05, 0) is 23.3 Å². The summed E-state index contributed by atoms with van der Waals surface area (Å²) in [6.45, 7) is 1.28. The molecule has 0 unspecified atom stereocenters. The van der Waals surface area contributed by atoms with E-state index in [1.54, 1.807) is 26.4 Å². The predicted molar refractivity (Wildman–Crippen MR) is 82.1 cm³/mol. The van der Waals surface area contributed by atoms with Gasteiger partial charge in [0.1, 0.15) is 5.69 Å². The van der Waals surface area contributed by atoms with E-state index < -0.39 is 0 Å². The fourth-order valence-electron chi connectivity index (χ4n) is 1.99. The highest BCUT2D eigenvalue weighted by Gasteiger charge is 2.05. The van der Waals surface area contributed by atoms with Crippen LogP contribution >= 0.6 is 0 Å². The Hall–Kier alpha value is -2.40. The molecule has 1 aromatic heterocycles. The van der Waals surface area contributed by atoms with Crippen LogP contribution in [0.1, 0.15) is 21.6 Å². The minimum absolute atomic E-state index is 0.194. The van der Waals surface area contributed by atoms with Gasteiger partial charge in [-0.1, -0.05) is 24.3 Å². The maximum absolute atomic E-state index is 11.5. The molecule has 0 saturated heterocycles. The summed E-state index contributed by atoms with van der Waals surface area (Å²) in [5.74, 6) is -0.194. The Morgan fingerprint density at radius 3 is 2.81 bits per heavy atom. The molecule has 0 bridgehead atoms. The van der Waals surface area contributed by atoms with E-state index in [2.05, 4.69) is 21.7 Å². The first kappa shape index (κ1) is 15.0. The Bertz CT molecular complexity index is 614. The molecule has 1 aromatic carbocycles. The van der Waals surface area contributed by atoms with Gasteiger partial charge in [-0.25, -0.2) is 0 Å². The molecule has 5 heteroatoms. The number of ether oxygens (including phenoxy) is 1. The van der Waals surface area contributed by atoms with Gasteiger partial charge in [0.15, 0.2) is 0 Å². The summed E-state index contributed by atoms with van der Waals surface area (Å²) in [7, 11) is 3.27. The molecule has 2 aromatic rings. The molecule has 0 aliphatic carbocycles. The number of hydrogen-bond acceptors (Lipinski definition) is 4. The molecule has 110 valence electrons. The van der Waals surface area contributed by atoms with Crippen molar-refractivity contribution in [2.45, 2.75) is 13.2 Å². The van der Waals surface area contributed by atoms with Crippen molar-refractivity contribution in [2.75, 3.05) is 19.5 Å². The zero-order chi connectivity index (χ0) is 15.1. The van der Waals surface area contributed by atoms with Gasteiger partial charge < -0.3 is 15.4 Å². The van der Waals surface area contributed by atoms with Gasteiger partial charge in [-0.3, -0.25) is 9.78 Å². The first-order chi connectivity index (χ1) is 10.2. The lowest BCUT2D eigenvalue weighted by Gasteiger charge is -2.09. The van der Waals surface area contributed by atoms with Gasteiger partial charge in [0.2, 0.25) is 0 Å². The maximum Gasteiger partial charge on any atom is 0.269 e. The number of anilines is 1. The van der Waals surface area contributed by atoms with Gasteiger partial charge in [0.05, 0.1) is 6.61 Å².